The van der Waals surface area contributed by atoms with Crippen molar-refractivity contribution in [3.8, 4) is 0 Å². The van der Waals surface area contributed by atoms with Gasteiger partial charge in [0.2, 0.25) is 10.0 Å². The minimum absolute atomic E-state index is 0. The number of nitrogens with zero attached hydrogens (tertiary/aromatic N) is 1. The van der Waals surface area contributed by atoms with Crippen molar-refractivity contribution in [3.63, 3.8) is 0 Å². The Morgan fingerprint density at radius 2 is 2.19 bits per heavy atom. The maximum atomic E-state index is 11.9. The topological polar surface area (TPSA) is 96.6 Å². The number of guanidine groups is 1. The number of nitrogens with one attached hydrogen (secondary N) is 2. The maximum absolute atomic E-state index is 11.9. The van der Waals surface area contributed by atoms with Crippen LogP contribution >= 0.6 is 46.9 Å². The zero-order valence-corrected chi connectivity index (χ0v) is 16.5. The van der Waals surface area contributed by atoms with Crippen LogP contribution in [0.2, 0.25) is 4.34 Å². The first-order valence-electron chi connectivity index (χ1n) is 6.16. The summed E-state index contributed by atoms with van der Waals surface area (Å²) in [6.45, 7) is 4.48. The molecule has 1 aromatic rings. The monoisotopic (exact) mass is 466 g/mol. The predicted octanol–water partition coefficient (Wildman–Crippen LogP) is 2.00. The van der Waals surface area contributed by atoms with E-state index in [9.17, 15) is 8.42 Å². The second-order valence-corrected chi connectivity index (χ2v) is 7.89. The van der Waals surface area contributed by atoms with Crippen LogP contribution in [0, 0.1) is 0 Å². The lowest BCUT2D eigenvalue weighted by atomic mass is 10.3. The lowest BCUT2D eigenvalue weighted by Crippen LogP contribution is -2.38. The number of nitrogens with two attached hydrogens (primary N) is 1. The van der Waals surface area contributed by atoms with Gasteiger partial charge in [0.15, 0.2) is 5.96 Å². The highest BCUT2D eigenvalue weighted by Gasteiger charge is 2.15. The summed E-state index contributed by atoms with van der Waals surface area (Å²) in [5.41, 5.74) is 5.66. The highest BCUT2D eigenvalue weighted by molar-refractivity contribution is 14.0. The van der Waals surface area contributed by atoms with E-state index in [2.05, 4.69) is 15.0 Å². The largest absolute Gasteiger partial charge is 0.370 e. The van der Waals surface area contributed by atoms with Crippen molar-refractivity contribution in [1.29, 1.82) is 0 Å². The third kappa shape index (κ3) is 7.63. The first-order valence-corrected chi connectivity index (χ1v) is 8.84. The SMILES string of the molecule is CCC(C)NC(N)=NCCNS(=O)(=O)c1ccc(Cl)s1.I. The van der Waals surface area contributed by atoms with Gasteiger partial charge in [-0.05, 0) is 25.5 Å². The van der Waals surface area contributed by atoms with Crippen LogP contribution in [0.3, 0.4) is 0 Å². The van der Waals surface area contributed by atoms with Crippen LogP contribution in [0.4, 0.5) is 0 Å². The van der Waals surface area contributed by atoms with Gasteiger partial charge >= 0.3 is 0 Å². The van der Waals surface area contributed by atoms with Gasteiger partial charge in [-0.25, -0.2) is 13.1 Å². The molecule has 1 aromatic heterocycles. The van der Waals surface area contributed by atoms with Crippen molar-refractivity contribution >= 4 is 62.9 Å². The van der Waals surface area contributed by atoms with Gasteiger partial charge in [0.25, 0.3) is 0 Å². The van der Waals surface area contributed by atoms with Crippen molar-refractivity contribution in [3.05, 3.63) is 16.5 Å². The molecule has 0 saturated carbocycles. The zero-order valence-electron chi connectivity index (χ0n) is 11.8. The molecule has 4 N–H and O–H groups in total. The van der Waals surface area contributed by atoms with E-state index >= 15 is 0 Å². The number of sulfonamides is 1. The summed E-state index contributed by atoms with van der Waals surface area (Å²) in [4.78, 5) is 4.05. The Morgan fingerprint density at radius 3 is 2.71 bits per heavy atom. The van der Waals surface area contributed by atoms with E-state index in [1.54, 1.807) is 6.07 Å². The van der Waals surface area contributed by atoms with Gasteiger partial charge in [-0.15, -0.1) is 35.3 Å². The quantitative estimate of drug-likeness (QED) is 0.248. The van der Waals surface area contributed by atoms with Crippen molar-refractivity contribution in [2.75, 3.05) is 13.1 Å². The van der Waals surface area contributed by atoms with Gasteiger partial charge in [-0.2, -0.15) is 0 Å². The van der Waals surface area contributed by atoms with Crippen LogP contribution in [0.25, 0.3) is 0 Å². The smallest absolute Gasteiger partial charge is 0.250 e. The lowest BCUT2D eigenvalue weighted by Gasteiger charge is -2.11. The molecule has 0 fully saturated rings. The molecule has 0 spiro atoms. The first kappa shape index (κ1) is 20.9. The van der Waals surface area contributed by atoms with Gasteiger partial charge in [0.1, 0.15) is 4.21 Å². The lowest BCUT2D eigenvalue weighted by molar-refractivity contribution is 0.584. The molecule has 10 heteroatoms. The molecule has 0 saturated heterocycles. The Morgan fingerprint density at radius 1 is 1.52 bits per heavy atom. The van der Waals surface area contributed by atoms with E-state index in [0.29, 0.717) is 10.3 Å². The third-order valence-corrected chi connectivity index (χ3v) is 5.69. The van der Waals surface area contributed by atoms with E-state index in [-0.39, 0.29) is 47.3 Å². The number of thiophene rings is 1. The molecule has 1 heterocycles. The summed E-state index contributed by atoms with van der Waals surface area (Å²) in [5, 5.41) is 3.00. The van der Waals surface area contributed by atoms with E-state index < -0.39 is 10.0 Å². The zero-order chi connectivity index (χ0) is 15.2. The Labute approximate surface area is 151 Å². The summed E-state index contributed by atoms with van der Waals surface area (Å²) >= 11 is 6.72. The fraction of sp³-hybridized carbons (Fsp3) is 0.545. The second kappa shape index (κ2) is 9.82. The standard InChI is InChI=1S/C11H19ClN4O2S2.HI/c1-3-8(2)16-11(13)14-6-7-15-20(17,18)10-5-4-9(12)19-10;/h4-5,8,15H,3,6-7H2,1-2H3,(H3,13,14,16);1H. The fourth-order valence-electron chi connectivity index (χ4n) is 1.27. The fourth-order valence-corrected chi connectivity index (χ4v) is 3.82. The average molecular weight is 467 g/mol. The Bertz CT molecular complexity index is 562. The minimum atomic E-state index is -3.51. The van der Waals surface area contributed by atoms with Gasteiger partial charge in [0, 0.05) is 12.6 Å². The maximum Gasteiger partial charge on any atom is 0.250 e. The van der Waals surface area contributed by atoms with Gasteiger partial charge in [-0.3, -0.25) is 4.99 Å². The van der Waals surface area contributed by atoms with Crippen LogP contribution in [-0.2, 0) is 10.0 Å². The minimum Gasteiger partial charge on any atom is -0.370 e. The van der Waals surface area contributed by atoms with Gasteiger partial charge < -0.3 is 11.1 Å². The average Bonchev–Trinajstić information content (AvgIpc) is 2.82. The number of hydrogen-bond acceptors (Lipinski definition) is 4. The van der Waals surface area contributed by atoms with Crippen LogP contribution in [0.5, 0.6) is 0 Å². The summed E-state index contributed by atoms with van der Waals surface area (Å²) in [7, 11) is -3.51. The summed E-state index contributed by atoms with van der Waals surface area (Å²) in [6.07, 6.45) is 0.933. The van der Waals surface area contributed by atoms with Gasteiger partial charge in [0.05, 0.1) is 10.9 Å². The summed E-state index contributed by atoms with van der Waals surface area (Å²) in [6, 6.07) is 3.26. The molecular weight excluding hydrogens is 447 g/mol. The molecule has 6 nitrogen and oxygen atoms in total. The molecule has 1 unspecified atom stereocenters. The van der Waals surface area contributed by atoms with Crippen LogP contribution in [-0.4, -0.2) is 33.5 Å². The molecule has 0 aliphatic heterocycles. The summed E-state index contributed by atoms with van der Waals surface area (Å²) < 4.78 is 26.8. The molecule has 122 valence electrons. The summed E-state index contributed by atoms with van der Waals surface area (Å²) in [5.74, 6) is 0.317. The van der Waals surface area contributed by atoms with Crippen molar-refractivity contribution in [2.45, 2.75) is 30.5 Å². The highest BCUT2D eigenvalue weighted by Crippen LogP contribution is 2.25. The molecule has 0 bridgehead atoms. The molecular formula is C11H20ClIN4O2S2. The number of rotatable bonds is 7. The van der Waals surface area contributed by atoms with Crippen LogP contribution < -0.4 is 15.8 Å². The molecule has 0 radical (unpaired) electrons. The van der Waals surface area contributed by atoms with Crippen LogP contribution in [0.15, 0.2) is 21.3 Å². The predicted molar refractivity (Wildman–Crippen MR) is 99.3 cm³/mol. The van der Waals surface area contributed by atoms with Gasteiger partial charge in [-0.1, -0.05) is 18.5 Å². The molecule has 21 heavy (non-hydrogen) atoms. The molecule has 1 rings (SSSR count). The molecule has 1 atom stereocenters. The number of halogens is 2. The highest BCUT2D eigenvalue weighted by atomic mass is 127. The van der Waals surface area contributed by atoms with Crippen molar-refractivity contribution in [1.82, 2.24) is 10.0 Å². The first-order chi connectivity index (χ1) is 9.35. The number of hydrogen-bond donors (Lipinski definition) is 3. The van der Waals surface area contributed by atoms with E-state index in [0.717, 1.165) is 17.8 Å². The van der Waals surface area contributed by atoms with E-state index in [1.165, 1.54) is 6.07 Å². The van der Waals surface area contributed by atoms with Crippen molar-refractivity contribution < 1.29 is 8.42 Å². The van der Waals surface area contributed by atoms with Crippen molar-refractivity contribution in [2.24, 2.45) is 10.7 Å². The molecule has 0 aliphatic carbocycles. The third-order valence-electron chi connectivity index (χ3n) is 2.51. The number of aliphatic imine (C=N–C) groups is 1. The molecule has 0 aromatic carbocycles. The molecule has 0 aliphatic rings. The van der Waals surface area contributed by atoms with Crippen LogP contribution in [0.1, 0.15) is 20.3 Å². The molecule has 0 amide bonds. The Balaban J connectivity index is 0.00000400. The van der Waals surface area contributed by atoms with E-state index in [1.807, 2.05) is 13.8 Å². The Kier molecular flexibility index (Phi) is 9.78. The second-order valence-electron chi connectivity index (χ2n) is 4.18. The normalized spacial score (nSPS) is 13.6. The Hall–Kier alpha value is -0.1000. The van der Waals surface area contributed by atoms with E-state index in [4.69, 9.17) is 17.3 Å².